The van der Waals surface area contributed by atoms with Crippen molar-refractivity contribution in [1.82, 2.24) is 9.79 Å². The van der Waals surface area contributed by atoms with Gasteiger partial charge >= 0.3 is 0 Å². The van der Waals surface area contributed by atoms with E-state index in [0.29, 0.717) is 25.9 Å². The zero-order chi connectivity index (χ0) is 14.7. The highest BCUT2D eigenvalue weighted by Crippen LogP contribution is 2.20. The van der Waals surface area contributed by atoms with Crippen LogP contribution in [0.5, 0.6) is 0 Å². The Morgan fingerprint density at radius 1 is 1.32 bits per heavy atom. The minimum absolute atomic E-state index is 0.108. The van der Waals surface area contributed by atoms with Crippen LogP contribution < -0.4 is 5.48 Å². The third-order valence-corrected chi connectivity index (χ3v) is 4.92. The van der Waals surface area contributed by atoms with Crippen molar-refractivity contribution in [2.45, 2.75) is 46.1 Å². The Hall–Kier alpha value is -0.660. The van der Waals surface area contributed by atoms with Crippen molar-refractivity contribution >= 4 is 15.9 Å². The summed E-state index contributed by atoms with van der Waals surface area (Å²) < 4.78 is 24.8. The van der Waals surface area contributed by atoms with Gasteiger partial charge in [-0.15, -0.1) is 0 Å². The van der Waals surface area contributed by atoms with E-state index < -0.39 is 15.6 Å². The van der Waals surface area contributed by atoms with Gasteiger partial charge in [0.25, 0.3) is 0 Å². The SMILES string of the molecule is CCS(=O)(=O)N1CCC(C(=O)NOC(C)(C)C)CC1. The van der Waals surface area contributed by atoms with Crippen molar-refractivity contribution in [3.63, 3.8) is 0 Å². The summed E-state index contributed by atoms with van der Waals surface area (Å²) in [5.74, 6) is -0.231. The van der Waals surface area contributed by atoms with Gasteiger partial charge in [-0.05, 0) is 40.5 Å². The molecule has 0 spiro atoms. The predicted octanol–water partition coefficient (Wildman–Crippen LogP) is 0.894. The van der Waals surface area contributed by atoms with Crippen LogP contribution in [0.25, 0.3) is 0 Å². The van der Waals surface area contributed by atoms with Gasteiger partial charge in [0.1, 0.15) is 0 Å². The third-order valence-electron chi connectivity index (χ3n) is 3.04. The fourth-order valence-corrected chi connectivity index (χ4v) is 3.00. The lowest BCUT2D eigenvalue weighted by Crippen LogP contribution is -2.44. The van der Waals surface area contributed by atoms with Crippen molar-refractivity contribution in [2.75, 3.05) is 18.8 Å². The first-order valence-electron chi connectivity index (χ1n) is 6.61. The minimum atomic E-state index is -3.14. The number of amides is 1. The zero-order valence-corrected chi connectivity index (χ0v) is 12.9. The van der Waals surface area contributed by atoms with E-state index in [1.165, 1.54) is 4.31 Å². The summed E-state index contributed by atoms with van der Waals surface area (Å²) >= 11 is 0. The maximum atomic E-state index is 11.9. The van der Waals surface area contributed by atoms with E-state index in [0.717, 1.165) is 0 Å². The van der Waals surface area contributed by atoms with Crippen LogP contribution in [0, 0.1) is 5.92 Å². The Labute approximate surface area is 115 Å². The molecule has 0 aromatic heterocycles. The molecule has 1 rings (SSSR count). The monoisotopic (exact) mass is 292 g/mol. The summed E-state index contributed by atoms with van der Waals surface area (Å²) in [5.41, 5.74) is 2.02. The molecule has 0 bridgehead atoms. The first-order chi connectivity index (χ1) is 8.65. The van der Waals surface area contributed by atoms with E-state index in [2.05, 4.69) is 5.48 Å². The molecule has 7 heteroatoms. The number of carbonyl (C=O) groups excluding carboxylic acids is 1. The topological polar surface area (TPSA) is 75.7 Å². The first-order valence-corrected chi connectivity index (χ1v) is 8.22. The van der Waals surface area contributed by atoms with Crippen LogP contribution in [0.15, 0.2) is 0 Å². The van der Waals surface area contributed by atoms with Crippen LogP contribution in [0.2, 0.25) is 0 Å². The van der Waals surface area contributed by atoms with Crippen molar-refractivity contribution < 1.29 is 18.0 Å². The van der Waals surface area contributed by atoms with Crippen LogP contribution >= 0.6 is 0 Å². The number of hydrogen-bond acceptors (Lipinski definition) is 4. The molecular weight excluding hydrogens is 268 g/mol. The molecule has 19 heavy (non-hydrogen) atoms. The van der Waals surface area contributed by atoms with Gasteiger partial charge in [-0.2, -0.15) is 0 Å². The van der Waals surface area contributed by atoms with Crippen LogP contribution in [0.3, 0.4) is 0 Å². The van der Waals surface area contributed by atoms with Gasteiger partial charge in [0.15, 0.2) is 0 Å². The fourth-order valence-electron chi connectivity index (χ4n) is 1.87. The molecule has 1 N–H and O–H groups in total. The Bertz CT molecular complexity index is 406. The second-order valence-electron chi connectivity index (χ2n) is 5.75. The number of piperidine rings is 1. The number of nitrogens with zero attached hydrogens (tertiary/aromatic N) is 1. The van der Waals surface area contributed by atoms with Gasteiger partial charge in [-0.3, -0.25) is 9.63 Å². The molecule has 0 atom stereocenters. The van der Waals surface area contributed by atoms with E-state index >= 15 is 0 Å². The lowest BCUT2D eigenvalue weighted by atomic mass is 9.98. The largest absolute Gasteiger partial charge is 0.272 e. The average Bonchev–Trinajstić information content (AvgIpc) is 2.35. The number of sulfonamides is 1. The van der Waals surface area contributed by atoms with E-state index in [9.17, 15) is 13.2 Å². The second-order valence-corrected chi connectivity index (χ2v) is 8.01. The third kappa shape index (κ3) is 5.08. The Morgan fingerprint density at radius 3 is 2.26 bits per heavy atom. The Kier molecular flexibility index (Phi) is 5.34. The van der Waals surface area contributed by atoms with Crippen molar-refractivity contribution in [2.24, 2.45) is 5.92 Å². The highest BCUT2D eigenvalue weighted by Gasteiger charge is 2.30. The van der Waals surface area contributed by atoms with Gasteiger partial charge in [0.2, 0.25) is 15.9 Å². The molecule has 1 heterocycles. The summed E-state index contributed by atoms with van der Waals surface area (Å²) in [4.78, 5) is 17.1. The smallest absolute Gasteiger partial charge is 0.246 e. The van der Waals surface area contributed by atoms with Crippen molar-refractivity contribution in [3.05, 3.63) is 0 Å². The molecular formula is C12H24N2O4S. The summed E-state index contributed by atoms with van der Waals surface area (Å²) in [5, 5.41) is 0. The normalized spacial score (nSPS) is 19.4. The zero-order valence-electron chi connectivity index (χ0n) is 12.1. The highest BCUT2D eigenvalue weighted by atomic mass is 32.2. The van der Waals surface area contributed by atoms with Crippen molar-refractivity contribution in [1.29, 1.82) is 0 Å². The lowest BCUT2D eigenvalue weighted by molar-refractivity contribution is -0.150. The number of carbonyl (C=O) groups is 1. The average molecular weight is 292 g/mol. The number of rotatable bonds is 4. The summed E-state index contributed by atoms with van der Waals surface area (Å²) in [7, 11) is -3.14. The molecule has 112 valence electrons. The molecule has 0 radical (unpaired) electrons. The van der Waals surface area contributed by atoms with E-state index in [1.54, 1.807) is 6.92 Å². The molecule has 6 nitrogen and oxygen atoms in total. The highest BCUT2D eigenvalue weighted by molar-refractivity contribution is 7.89. The van der Waals surface area contributed by atoms with E-state index in [4.69, 9.17) is 4.84 Å². The molecule has 0 aliphatic carbocycles. The van der Waals surface area contributed by atoms with Gasteiger partial charge < -0.3 is 0 Å². The fraction of sp³-hybridized carbons (Fsp3) is 0.917. The van der Waals surface area contributed by atoms with Gasteiger partial charge in [0, 0.05) is 19.0 Å². The van der Waals surface area contributed by atoms with Gasteiger partial charge in [-0.1, -0.05) is 0 Å². The summed E-state index contributed by atoms with van der Waals surface area (Å²) in [6.45, 7) is 8.00. The van der Waals surface area contributed by atoms with Crippen molar-refractivity contribution in [3.8, 4) is 0 Å². The maximum Gasteiger partial charge on any atom is 0.246 e. The standard InChI is InChI=1S/C12H24N2O4S/c1-5-19(16,17)14-8-6-10(7-9-14)11(15)13-18-12(2,3)4/h10H,5-9H2,1-4H3,(H,13,15). The minimum Gasteiger partial charge on any atom is -0.272 e. The van der Waals surface area contributed by atoms with E-state index in [1.807, 2.05) is 20.8 Å². The van der Waals surface area contributed by atoms with Crippen LogP contribution in [-0.2, 0) is 19.7 Å². The molecule has 0 aromatic carbocycles. The molecule has 0 aromatic rings. The van der Waals surface area contributed by atoms with Crippen LogP contribution in [0.4, 0.5) is 0 Å². The Morgan fingerprint density at radius 2 is 1.84 bits per heavy atom. The number of hydroxylamine groups is 1. The second kappa shape index (κ2) is 6.19. The predicted molar refractivity (Wildman–Crippen MR) is 72.7 cm³/mol. The van der Waals surface area contributed by atoms with Crippen LogP contribution in [0.1, 0.15) is 40.5 Å². The molecule has 0 saturated carbocycles. The Balaban J connectivity index is 2.44. The molecule has 1 aliphatic heterocycles. The molecule has 1 amide bonds. The van der Waals surface area contributed by atoms with E-state index in [-0.39, 0.29) is 17.6 Å². The number of nitrogens with one attached hydrogen (secondary N) is 1. The number of hydrogen-bond donors (Lipinski definition) is 1. The molecule has 1 aliphatic rings. The first kappa shape index (κ1) is 16.4. The summed E-state index contributed by atoms with van der Waals surface area (Å²) in [6.07, 6.45) is 1.08. The lowest BCUT2D eigenvalue weighted by Gasteiger charge is -2.30. The summed E-state index contributed by atoms with van der Waals surface area (Å²) in [6, 6.07) is 0. The molecule has 1 fully saturated rings. The molecule has 1 saturated heterocycles. The maximum absolute atomic E-state index is 11.9. The van der Waals surface area contributed by atoms with Gasteiger partial charge in [-0.25, -0.2) is 18.2 Å². The quantitative estimate of drug-likeness (QED) is 0.781. The molecule has 0 unspecified atom stereocenters. The van der Waals surface area contributed by atoms with Crippen LogP contribution in [-0.4, -0.2) is 43.1 Å². The van der Waals surface area contributed by atoms with Gasteiger partial charge in [0.05, 0.1) is 11.4 Å².